The van der Waals surface area contributed by atoms with Gasteiger partial charge in [0.1, 0.15) is 28.8 Å². The number of nitrogens with zero attached hydrogens (tertiary/aromatic N) is 3. The zero-order chi connectivity index (χ0) is 15.9. The van der Waals surface area contributed by atoms with Crippen molar-refractivity contribution in [3.05, 3.63) is 57.6 Å². The van der Waals surface area contributed by atoms with Crippen molar-refractivity contribution in [3.8, 4) is 17.3 Å². The van der Waals surface area contributed by atoms with Crippen molar-refractivity contribution in [1.29, 1.82) is 5.26 Å². The van der Waals surface area contributed by atoms with Gasteiger partial charge >= 0.3 is 0 Å². The molecule has 1 aromatic heterocycles. The normalized spacial score (nSPS) is 13.8. The van der Waals surface area contributed by atoms with Gasteiger partial charge in [-0.05, 0) is 15.9 Å². The topological polar surface area (TPSA) is 110 Å². The smallest absolute Gasteiger partial charge is 0.230 e. The van der Waals surface area contributed by atoms with Crippen molar-refractivity contribution in [3.63, 3.8) is 0 Å². The van der Waals surface area contributed by atoms with E-state index < -0.39 is 11.6 Å². The van der Waals surface area contributed by atoms with Crippen molar-refractivity contribution >= 4 is 27.5 Å². The lowest BCUT2D eigenvalue weighted by Gasteiger charge is -2.15. The highest BCUT2D eigenvalue weighted by Crippen LogP contribution is 2.28. The summed E-state index contributed by atoms with van der Waals surface area (Å²) < 4.78 is -0.0389. The van der Waals surface area contributed by atoms with E-state index in [-0.39, 0.29) is 33.0 Å². The van der Waals surface area contributed by atoms with Crippen LogP contribution in [-0.2, 0) is 0 Å². The monoisotopic (exact) mass is 354 g/mol. The number of fused-ring (bicyclic) bond motifs is 1. The lowest BCUT2D eigenvalue weighted by atomic mass is 10.0. The van der Waals surface area contributed by atoms with Crippen LogP contribution in [0.25, 0.3) is 11.3 Å². The molecule has 0 radical (unpaired) electrons. The van der Waals surface area contributed by atoms with Crippen LogP contribution in [0.15, 0.2) is 40.5 Å². The van der Waals surface area contributed by atoms with Crippen LogP contribution in [0.1, 0.15) is 26.7 Å². The first kappa shape index (κ1) is 14.1. The summed E-state index contributed by atoms with van der Waals surface area (Å²) in [6.45, 7) is 0. The summed E-state index contributed by atoms with van der Waals surface area (Å²) >= 11 is 3.00. The highest BCUT2D eigenvalue weighted by atomic mass is 79.9. The van der Waals surface area contributed by atoms with Crippen LogP contribution in [0.5, 0.6) is 0 Å². The molecular weight excluding hydrogens is 348 g/mol. The Morgan fingerprint density at radius 1 is 1.00 bits per heavy atom. The lowest BCUT2D eigenvalue weighted by molar-refractivity contribution is 0.0973. The molecule has 0 unspecified atom stereocenters. The van der Waals surface area contributed by atoms with Crippen molar-refractivity contribution in [2.45, 2.75) is 0 Å². The molecule has 0 bridgehead atoms. The van der Waals surface area contributed by atoms with Gasteiger partial charge in [0.2, 0.25) is 11.6 Å². The number of ketones is 2. The van der Waals surface area contributed by atoms with Gasteiger partial charge in [0.15, 0.2) is 5.69 Å². The molecular formula is C15H7BrN4O2. The molecule has 22 heavy (non-hydrogen) atoms. The Bertz CT molecular complexity index is 898. The van der Waals surface area contributed by atoms with E-state index in [2.05, 4.69) is 25.9 Å². The second-order valence-electron chi connectivity index (χ2n) is 4.48. The third-order valence-electron chi connectivity index (χ3n) is 3.16. The molecule has 1 heterocycles. The van der Waals surface area contributed by atoms with Crippen LogP contribution in [-0.4, -0.2) is 21.5 Å². The minimum absolute atomic E-state index is 0.0306. The maximum absolute atomic E-state index is 12.2. The fraction of sp³-hybridized carbons (Fsp3) is 0. The Labute approximate surface area is 133 Å². The van der Waals surface area contributed by atoms with Crippen molar-refractivity contribution in [2.75, 3.05) is 0 Å². The Morgan fingerprint density at radius 3 is 2.27 bits per heavy atom. The standard InChI is InChI=1S/C15H7BrN4O2/c16-9-10(18)15(22)13-12(14(9)21)20-11(8(6-17)19-13)7-4-2-1-3-5-7/h1-5H,18H2. The first-order valence-corrected chi connectivity index (χ1v) is 6.96. The minimum Gasteiger partial charge on any atom is -0.394 e. The molecule has 1 aliphatic carbocycles. The van der Waals surface area contributed by atoms with Gasteiger partial charge in [-0.3, -0.25) is 9.59 Å². The van der Waals surface area contributed by atoms with Gasteiger partial charge in [-0.15, -0.1) is 0 Å². The third kappa shape index (κ3) is 2.01. The number of hydrogen-bond donors (Lipinski definition) is 1. The molecule has 0 spiro atoms. The van der Waals surface area contributed by atoms with Gasteiger partial charge in [0.05, 0.1) is 4.48 Å². The molecule has 0 saturated carbocycles. The summed E-state index contributed by atoms with van der Waals surface area (Å²) in [5.74, 6) is -1.15. The summed E-state index contributed by atoms with van der Waals surface area (Å²) in [5, 5.41) is 9.25. The number of rotatable bonds is 1. The highest BCUT2D eigenvalue weighted by Gasteiger charge is 2.33. The van der Waals surface area contributed by atoms with Crippen molar-refractivity contribution in [2.24, 2.45) is 5.73 Å². The molecule has 1 aromatic carbocycles. The Hall–Kier alpha value is -2.85. The average Bonchev–Trinajstić information content (AvgIpc) is 2.57. The Kier molecular flexibility index (Phi) is 3.31. The van der Waals surface area contributed by atoms with Crippen LogP contribution in [0.3, 0.4) is 0 Å². The van der Waals surface area contributed by atoms with Gasteiger partial charge < -0.3 is 5.73 Å². The Balaban J connectivity index is 2.30. The molecule has 2 N–H and O–H groups in total. The van der Waals surface area contributed by atoms with E-state index in [9.17, 15) is 14.9 Å². The van der Waals surface area contributed by atoms with E-state index in [4.69, 9.17) is 5.73 Å². The third-order valence-corrected chi connectivity index (χ3v) is 3.95. The average molecular weight is 355 g/mol. The molecule has 6 nitrogen and oxygen atoms in total. The summed E-state index contributed by atoms with van der Waals surface area (Å²) in [6, 6.07) is 10.8. The number of carbonyl (C=O) groups excluding carboxylic acids is 2. The van der Waals surface area contributed by atoms with Crippen molar-refractivity contribution in [1.82, 2.24) is 9.97 Å². The molecule has 0 saturated heterocycles. The quantitative estimate of drug-likeness (QED) is 0.837. The molecule has 106 valence electrons. The number of halogens is 1. The molecule has 0 fully saturated rings. The second kappa shape index (κ2) is 5.16. The second-order valence-corrected chi connectivity index (χ2v) is 5.27. The van der Waals surface area contributed by atoms with Crippen LogP contribution >= 0.6 is 15.9 Å². The fourth-order valence-electron chi connectivity index (χ4n) is 2.08. The first-order valence-electron chi connectivity index (χ1n) is 6.16. The van der Waals surface area contributed by atoms with Gasteiger partial charge in [-0.1, -0.05) is 30.3 Å². The fourth-order valence-corrected chi connectivity index (χ4v) is 2.45. The summed E-state index contributed by atoms with van der Waals surface area (Å²) in [6.07, 6.45) is 0. The molecule has 2 aromatic rings. The van der Waals surface area contributed by atoms with E-state index in [1.807, 2.05) is 12.1 Å². The molecule has 0 atom stereocenters. The van der Waals surface area contributed by atoms with Crippen molar-refractivity contribution < 1.29 is 9.59 Å². The molecule has 0 aliphatic heterocycles. The number of nitrogens with two attached hydrogens (primary N) is 1. The van der Waals surface area contributed by atoms with Gasteiger partial charge in [-0.2, -0.15) is 5.26 Å². The number of carbonyl (C=O) groups is 2. The number of allylic oxidation sites excluding steroid dienone is 2. The van der Waals surface area contributed by atoms with E-state index in [0.29, 0.717) is 5.56 Å². The number of nitriles is 1. The molecule has 3 rings (SSSR count). The zero-order valence-electron chi connectivity index (χ0n) is 11.0. The molecule has 1 aliphatic rings. The summed E-state index contributed by atoms with van der Waals surface area (Å²) in [5.41, 5.74) is 5.90. The lowest BCUT2D eigenvalue weighted by Crippen LogP contribution is -2.27. The Morgan fingerprint density at radius 2 is 1.64 bits per heavy atom. The summed E-state index contributed by atoms with van der Waals surface area (Å²) in [4.78, 5) is 32.5. The zero-order valence-corrected chi connectivity index (χ0v) is 12.6. The van der Waals surface area contributed by atoms with Gasteiger partial charge in [0.25, 0.3) is 0 Å². The highest BCUT2D eigenvalue weighted by molar-refractivity contribution is 9.12. The van der Waals surface area contributed by atoms with Crippen LogP contribution in [0, 0.1) is 11.3 Å². The number of aromatic nitrogens is 2. The van der Waals surface area contributed by atoms with E-state index >= 15 is 0 Å². The SMILES string of the molecule is N#Cc1nc2c(nc1-c1ccccc1)C(=O)C(Br)=C(N)C2=O. The van der Waals surface area contributed by atoms with Crippen LogP contribution in [0.4, 0.5) is 0 Å². The largest absolute Gasteiger partial charge is 0.394 e. The predicted molar refractivity (Wildman–Crippen MR) is 81.0 cm³/mol. The molecule has 7 heteroatoms. The van der Waals surface area contributed by atoms with Crippen LogP contribution in [0.2, 0.25) is 0 Å². The number of Topliss-reactive ketones (excluding diaryl/α,β-unsaturated/α-hetero) is 2. The first-order chi connectivity index (χ1) is 10.5. The van der Waals surface area contributed by atoms with Gasteiger partial charge in [0, 0.05) is 5.56 Å². The van der Waals surface area contributed by atoms with E-state index in [1.54, 1.807) is 24.3 Å². The van der Waals surface area contributed by atoms with Gasteiger partial charge in [-0.25, -0.2) is 9.97 Å². The predicted octanol–water partition coefficient (Wildman–Crippen LogP) is 1.96. The van der Waals surface area contributed by atoms with E-state index in [1.165, 1.54) is 0 Å². The maximum Gasteiger partial charge on any atom is 0.230 e. The van der Waals surface area contributed by atoms with E-state index in [0.717, 1.165) is 0 Å². The summed E-state index contributed by atoms with van der Waals surface area (Å²) in [7, 11) is 0. The maximum atomic E-state index is 12.2. The van der Waals surface area contributed by atoms with Crippen LogP contribution < -0.4 is 5.73 Å². The number of benzene rings is 1. The minimum atomic E-state index is -0.620. The number of hydrogen-bond acceptors (Lipinski definition) is 6. The molecule has 0 amide bonds.